The van der Waals surface area contributed by atoms with E-state index in [0.29, 0.717) is 5.56 Å². The van der Waals surface area contributed by atoms with Crippen molar-refractivity contribution in [3.8, 4) is 0 Å². The first-order valence-corrected chi connectivity index (χ1v) is 6.14. The second-order valence-electron chi connectivity index (χ2n) is 2.65. The van der Waals surface area contributed by atoms with Crippen molar-refractivity contribution in [1.29, 1.82) is 0 Å². The van der Waals surface area contributed by atoms with Crippen LogP contribution in [0.25, 0.3) is 0 Å². The van der Waals surface area contributed by atoms with Gasteiger partial charge in [-0.1, -0.05) is 18.2 Å². The molecule has 1 aromatic rings. The van der Waals surface area contributed by atoms with Gasteiger partial charge >= 0.3 is 5.97 Å². The van der Waals surface area contributed by atoms with Gasteiger partial charge in [0.05, 0.1) is 5.56 Å². The largest absolute Gasteiger partial charge is 0.423 e. The molecule has 0 heterocycles. The van der Waals surface area contributed by atoms with E-state index in [1.54, 1.807) is 12.1 Å². The Kier molecular flexibility index (Phi) is 4.15. The van der Waals surface area contributed by atoms with Crippen LogP contribution in [0.3, 0.4) is 0 Å². The van der Waals surface area contributed by atoms with Crippen molar-refractivity contribution in [2.45, 2.75) is 9.25 Å². The summed E-state index contributed by atoms with van der Waals surface area (Å²) in [5, 5.41) is 0. The van der Waals surface area contributed by atoms with Gasteiger partial charge < -0.3 is 4.74 Å². The fourth-order valence-corrected chi connectivity index (χ4v) is 1.40. The van der Waals surface area contributed by atoms with Crippen molar-refractivity contribution >= 4 is 53.8 Å². The summed E-state index contributed by atoms with van der Waals surface area (Å²) in [5.41, 5.74) is 1.43. The molecular formula is C9H7Br3O2. The highest BCUT2D eigenvalue weighted by atomic mass is 80.0. The van der Waals surface area contributed by atoms with E-state index < -0.39 is 8.30 Å². The van der Waals surface area contributed by atoms with Crippen LogP contribution in [-0.2, 0) is 4.74 Å². The number of aryl methyl sites for hydroxylation is 1. The Balaban J connectivity index is 2.86. The lowest BCUT2D eigenvalue weighted by molar-refractivity contribution is 0.0536. The normalized spacial score (nSPS) is 11.1. The lowest BCUT2D eigenvalue weighted by atomic mass is 10.1. The van der Waals surface area contributed by atoms with E-state index in [-0.39, 0.29) is 0 Å². The van der Waals surface area contributed by atoms with Crippen LogP contribution < -0.4 is 0 Å². The van der Waals surface area contributed by atoms with Crippen LogP contribution in [0.15, 0.2) is 24.3 Å². The average Bonchev–Trinajstić information content (AvgIpc) is 2.01. The maximum Gasteiger partial charge on any atom is 0.341 e. The molecule has 76 valence electrons. The molecule has 0 unspecified atom stereocenters. The molecule has 1 aromatic carbocycles. The fraction of sp³-hybridized carbons (Fsp3) is 0.222. The van der Waals surface area contributed by atoms with Crippen LogP contribution in [0.1, 0.15) is 15.9 Å². The van der Waals surface area contributed by atoms with E-state index in [2.05, 4.69) is 47.8 Å². The van der Waals surface area contributed by atoms with Gasteiger partial charge in [-0.15, -0.1) is 0 Å². The molecule has 0 aliphatic rings. The first kappa shape index (κ1) is 12.2. The van der Waals surface area contributed by atoms with Crippen LogP contribution in [-0.4, -0.2) is 8.30 Å². The number of esters is 1. The third-order valence-corrected chi connectivity index (χ3v) is 2.06. The predicted octanol–water partition coefficient (Wildman–Crippen LogP) is 3.95. The molecule has 0 saturated carbocycles. The molecule has 0 amide bonds. The molecule has 14 heavy (non-hydrogen) atoms. The predicted molar refractivity (Wildman–Crippen MR) is 66.1 cm³/mol. The second-order valence-corrected chi connectivity index (χ2v) is 9.19. The molecule has 2 nitrogen and oxygen atoms in total. The van der Waals surface area contributed by atoms with Crippen molar-refractivity contribution in [2.24, 2.45) is 0 Å². The molecule has 0 spiro atoms. The Hall–Kier alpha value is 0.130. The minimum Gasteiger partial charge on any atom is -0.423 e. The average molecular weight is 387 g/mol. The lowest BCUT2D eigenvalue weighted by Gasteiger charge is -2.14. The molecule has 0 fully saturated rings. The van der Waals surface area contributed by atoms with Crippen LogP contribution >= 0.6 is 47.8 Å². The Morgan fingerprint density at radius 2 is 1.86 bits per heavy atom. The maximum atomic E-state index is 11.6. The SMILES string of the molecule is Cc1ccccc1C(=O)OC(Br)(Br)Br. The summed E-state index contributed by atoms with van der Waals surface area (Å²) in [5.74, 6) is -0.395. The van der Waals surface area contributed by atoms with E-state index in [4.69, 9.17) is 4.74 Å². The smallest absolute Gasteiger partial charge is 0.341 e. The first-order valence-electron chi connectivity index (χ1n) is 3.76. The Labute approximate surface area is 107 Å². The number of alkyl halides is 3. The minimum absolute atomic E-state index is 0.395. The lowest BCUT2D eigenvalue weighted by Crippen LogP contribution is -2.15. The Morgan fingerprint density at radius 1 is 1.29 bits per heavy atom. The van der Waals surface area contributed by atoms with E-state index in [1.165, 1.54) is 0 Å². The molecule has 0 atom stereocenters. The van der Waals surface area contributed by atoms with Crippen LogP contribution in [0, 0.1) is 6.92 Å². The molecule has 1 rings (SSSR count). The molecule has 0 aliphatic heterocycles. The molecule has 0 N–H and O–H groups in total. The summed E-state index contributed by atoms with van der Waals surface area (Å²) < 4.78 is 4.02. The van der Waals surface area contributed by atoms with Crippen LogP contribution in [0.2, 0.25) is 0 Å². The number of carbonyl (C=O) groups excluding carboxylic acids is 1. The number of rotatable bonds is 1. The van der Waals surface area contributed by atoms with E-state index in [0.717, 1.165) is 5.56 Å². The quantitative estimate of drug-likeness (QED) is 0.539. The van der Waals surface area contributed by atoms with Crippen molar-refractivity contribution in [3.05, 3.63) is 35.4 Å². The maximum absolute atomic E-state index is 11.6. The summed E-state index contributed by atoms with van der Waals surface area (Å²) in [6.07, 6.45) is 0. The zero-order valence-corrected chi connectivity index (χ0v) is 12.0. The van der Waals surface area contributed by atoms with Gasteiger partial charge in [0, 0.05) is 0 Å². The van der Waals surface area contributed by atoms with Crippen molar-refractivity contribution in [1.82, 2.24) is 0 Å². The van der Waals surface area contributed by atoms with Gasteiger partial charge in [-0.25, -0.2) is 4.79 Å². The third-order valence-electron chi connectivity index (χ3n) is 1.57. The third kappa shape index (κ3) is 3.71. The van der Waals surface area contributed by atoms with Gasteiger partial charge in [0.2, 0.25) is 0 Å². The standard InChI is InChI=1S/C9H7Br3O2/c1-6-4-2-3-5-7(6)8(13)14-9(10,11)12/h2-5H,1H3. The van der Waals surface area contributed by atoms with Crippen molar-refractivity contribution < 1.29 is 9.53 Å². The highest BCUT2D eigenvalue weighted by Crippen LogP contribution is 2.35. The number of benzene rings is 1. The molecule has 0 bridgehead atoms. The van der Waals surface area contributed by atoms with Gasteiger partial charge in [0.1, 0.15) is 0 Å². The van der Waals surface area contributed by atoms with Gasteiger partial charge in [-0.3, -0.25) is 0 Å². The summed E-state index contributed by atoms with van der Waals surface area (Å²) in [4.78, 5) is 11.6. The van der Waals surface area contributed by atoms with E-state index in [9.17, 15) is 4.79 Å². The highest BCUT2D eigenvalue weighted by molar-refractivity contribution is 9.39. The topological polar surface area (TPSA) is 26.3 Å². The monoisotopic (exact) mass is 384 g/mol. The van der Waals surface area contributed by atoms with Gasteiger partial charge in [0.25, 0.3) is 2.33 Å². The second kappa shape index (κ2) is 4.77. The summed E-state index contributed by atoms with van der Waals surface area (Å²) >= 11 is 9.27. The number of halogens is 3. The zero-order chi connectivity index (χ0) is 10.8. The fourth-order valence-electron chi connectivity index (χ4n) is 0.962. The molecule has 0 saturated heterocycles. The van der Waals surface area contributed by atoms with Crippen molar-refractivity contribution in [2.75, 3.05) is 0 Å². The Morgan fingerprint density at radius 3 is 2.36 bits per heavy atom. The molecular weight excluding hydrogens is 380 g/mol. The van der Waals surface area contributed by atoms with Gasteiger partial charge in [0.15, 0.2) is 0 Å². The summed E-state index contributed by atoms with van der Waals surface area (Å²) in [7, 11) is 0. The highest BCUT2D eigenvalue weighted by Gasteiger charge is 2.24. The number of hydrogen-bond acceptors (Lipinski definition) is 2. The number of hydrogen-bond donors (Lipinski definition) is 0. The molecule has 0 aliphatic carbocycles. The van der Waals surface area contributed by atoms with Gasteiger partial charge in [-0.05, 0) is 66.3 Å². The number of carbonyl (C=O) groups is 1. The van der Waals surface area contributed by atoms with E-state index >= 15 is 0 Å². The van der Waals surface area contributed by atoms with Gasteiger partial charge in [-0.2, -0.15) is 0 Å². The van der Waals surface area contributed by atoms with E-state index in [1.807, 2.05) is 19.1 Å². The number of ether oxygens (including phenoxy) is 1. The zero-order valence-electron chi connectivity index (χ0n) is 7.26. The summed E-state index contributed by atoms with van der Waals surface area (Å²) in [6, 6.07) is 7.24. The molecule has 5 heteroatoms. The first-order chi connectivity index (χ1) is 6.40. The van der Waals surface area contributed by atoms with Crippen LogP contribution in [0.5, 0.6) is 0 Å². The summed E-state index contributed by atoms with van der Waals surface area (Å²) in [6.45, 7) is 1.86. The minimum atomic E-state index is -0.994. The Bertz CT molecular complexity index is 344. The van der Waals surface area contributed by atoms with Crippen LogP contribution in [0.4, 0.5) is 0 Å². The van der Waals surface area contributed by atoms with Crippen molar-refractivity contribution in [3.63, 3.8) is 0 Å². The molecule has 0 radical (unpaired) electrons. The molecule has 0 aromatic heterocycles.